The Bertz CT molecular complexity index is 1110. The van der Waals surface area contributed by atoms with Crippen LogP contribution in [0.5, 0.6) is 17.2 Å². The van der Waals surface area contributed by atoms with Gasteiger partial charge in [0, 0.05) is 5.69 Å². The van der Waals surface area contributed by atoms with Crippen LogP contribution in [0.2, 0.25) is 0 Å². The molecule has 0 aliphatic carbocycles. The van der Waals surface area contributed by atoms with Gasteiger partial charge in [-0.3, -0.25) is 14.4 Å². The minimum atomic E-state index is -0.741. The monoisotopic (exact) mass is 448 g/mol. The molecule has 0 saturated carbocycles. The van der Waals surface area contributed by atoms with Crippen LogP contribution in [0.1, 0.15) is 15.9 Å². The topological polar surface area (TPSA) is 103 Å². The number of nitrogens with one attached hydrogen (secondary N) is 2. The van der Waals surface area contributed by atoms with Gasteiger partial charge in [0.05, 0.1) is 12.7 Å². The molecule has 0 unspecified atom stereocenters. The highest BCUT2D eigenvalue weighted by atomic mass is 16.5. The zero-order chi connectivity index (χ0) is 23.6. The molecule has 0 aliphatic heterocycles. The molecule has 170 valence electrons. The molecule has 0 heterocycles. The Hall–Kier alpha value is -4.33. The summed E-state index contributed by atoms with van der Waals surface area (Å²) in [5.41, 5.74) is 1.96. The lowest BCUT2D eigenvalue weighted by Crippen LogP contribution is -2.32. The highest BCUT2D eigenvalue weighted by Crippen LogP contribution is 2.23. The van der Waals surface area contributed by atoms with Crippen molar-refractivity contribution in [2.24, 2.45) is 0 Å². The van der Waals surface area contributed by atoms with E-state index in [4.69, 9.17) is 14.2 Å². The molecule has 0 atom stereocenters. The zero-order valence-electron chi connectivity index (χ0n) is 18.3. The predicted molar refractivity (Wildman–Crippen MR) is 123 cm³/mol. The molecular formula is C25H24N2O6. The van der Waals surface area contributed by atoms with Gasteiger partial charge in [0.1, 0.15) is 23.8 Å². The van der Waals surface area contributed by atoms with Crippen molar-refractivity contribution in [2.45, 2.75) is 6.92 Å². The summed E-state index contributed by atoms with van der Waals surface area (Å²) in [4.78, 5) is 36.1. The molecule has 0 spiro atoms. The number of rotatable bonds is 9. The van der Waals surface area contributed by atoms with Gasteiger partial charge in [-0.2, -0.15) is 0 Å². The average molecular weight is 448 g/mol. The number of aryl methyl sites for hydroxylation is 1. The van der Waals surface area contributed by atoms with Gasteiger partial charge < -0.3 is 24.8 Å². The number of methoxy groups -OCH3 is 1. The molecule has 2 amide bonds. The molecule has 0 radical (unpaired) electrons. The van der Waals surface area contributed by atoms with Crippen molar-refractivity contribution in [3.05, 3.63) is 83.9 Å². The number of esters is 1. The molecule has 0 aliphatic rings. The number of para-hydroxylation sites is 1. The van der Waals surface area contributed by atoms with E-state index in [2.05, 4.69) is 10.6 Å². The Labute approximate surface area is 191 Å². The molecule has 0 fully saturated rings. The molecule has 3 rings (SSSR count). The number of anilines is 1. The summed E-state index contributed by atoms with van der Waals surface area (Å²) in [5, 5.41) is 5.06. The van der Waals surface area contributed by atoms with Gasteiger partial charge in [-0.1, -0.05) is 29.8 Å². The summed E-state index contributed by atoms with van der Waals surface area (Å²) < 4.78 is 15.8. The molecular weight excluding hydrogens is 424 g/mol. The first-order chi connectivity index (χ1) is 15.9. The van der Waals surface area contributed by atoms with Crippen molar-refractivity contribution in [3.63, 3.8) is 0 Å². The predicted octanol–water partition coefficient (Wildman–Crippen LogP) is 3.71. The molecule has 0 bridgehead atoms. The third-order valence-electron chi connectivity index (χ3n) is 4.50. The quantitative estimate of drug-likeness (QED) is 0.484. The highest BCUT2D eigenvalue weighted by Gasteiger charge is 2.14. The van der Waals surface area contributed by atoms with Gasteiger partial charge in [0.15, 0.2) is 6.61 Å². The Morgan fingerprint density at radius 2 is 1.48 bits per heavy atom. The average Bonchev–Trinajstić information content (AvgIpc) is 2.83. The van der Waals surface area contributed by atoms with Gasteiger partial charge in [0.2, 0.25) is 0 Å². The van der Waals surface area contributed by atoms with Gasteiger partial charge in [-0.15, -0.1) is 0 Å². The van der Waals surface area contributed by atoms with Gasteiger partial charge >= 0.3 is 5.97 Å². The standard InChI is InChI=1S/C25H24N2O6/c1-17-7-11-19(12-8-17)33-20-13-9-18(10-14-20)27-23(28)16-32-24(29)15-26-25(30)21-5-3-4-6-22(21)31-2/h3-14H,15-16H2,1-2H3,(H,26,30)(H,27,28). The maximum Gasteiger partial charge on any atom is 0.325 e. The maximum absolute atomic E-state index is 12.2. The van der Waals surface area contributed by atoms with E-state index in [0.29, 0.717) is 28.5 Å². The van der Waals surface area contributed by atoms with Crippen molar-refractivity contribution in [2.75, 3.05) is 25.6 Å². The fraction of sp³-hybridized carbons (Fsp3) is 0.160. The number of ether oxygens (including phenoxy) is 3. The van der Waals surface area contributed by atoms with E-state index in [1.807, 2.05) is 31.2 Å². The van der Waals surface area contributed by atoms with Crippen LogP contribution < -0.4 is 20.1 Å². The van der Waals surface area contributed by atoms with Crippen molar-refractivity contribution < 1.29 is 28.6 Å². The lowest BCUT2D eigenvalue weighted by atomic mass is 10.2. The Kier molecular flexibility index (Phi) is 8.02. The third kappa shape index (κ3) is 7.10. The molecule has 0 aromatic heterocycles. The SMILES string of the molecule is COc1ccccc1C(=O)NCC(=O)OCC(=O)Nc1ccc(Oc2ccc(C)cc2)cc1. The van der Waals surface area contributed by atoms with E-state index in [1.54, 1.807) is 48.5 Å². The molecule has 8 nitrogen and oxygen atoms in total. The second-order valence-corrected chi connectivity index (χ2v) is 7.03. The Balaban J connectivity index is 1.41. The summed E-state index contributed by atoms with van der Waals surface area (Å²) in [6.45, 7) is 1.14. The van der Waals surface area contributed by atoms with Crippen LogP contribution in [0.4, 0.5) is 5.69 Å². The van der Waals surface area contributed by atoms with E-state index in [-0.39, 0.29) is 6.54 Å². The summed E-state index contributed by atoms with van der Waals surface area (Å²) in [6.07, 6.45) is 0. The van der Waals surface area contributed by atoms with Crippen molar-refractivity contribution in [1.82, 2.24) is 5.32 Å². The molecule has 0 saturated heterocycles. The van der Waals surface area contributed by atoms with Crippen LogP contribution in [-0.4, -0.2) is 38.0 Å². The van der Waals surface area contributed by atoms with E-state index in [9.17, 15) is 14.4 Å². The lowest BCUT2D eigenvalue weighted by Gasteiger charge is -2.10. The number of carbonyl (C=O) groups is 3. The summed E-state index contributed by atoms with van der Waals surface area (Å²) in [7, 11) is 1.45. The number of hydrogen-bond donors (Lipinski definition) is 2. The molecule has 3 aromatic carbocycles. The highest BCUT2D eigenvalue weighted by molar-refractivity contribution is 5.98. The second kappa shape index (κ2) is 11.3. The normalized spacial score (nSPS) is 10.1. The van der Waals surface area contributed by atoms with Crippen LogP contribution in [-0.2, 0) is 14.3 Å². The van der Waals surface area contributed by atoms with E-state index in [0.717, 1.165) is 5.56 Å². The number of hydrogen-bond acceptors (Lipinski definition) is 6. The molecule has 3 aromatic rings. The van der Waals surface area contributed by atoms with Gasteiger partial charge in [-0.05, 0) is 55.5 Å². The second-order valence-electron chi connectivity index (χ2n) is 7.03. The molecule has 8 heteroatoms. The van der Waals surface area contributed by atoms with Crippen LogP contribution in [0, 0.1) is 6.92 Å². The van der Waals surface area contributed by atoms with Crippen molar-refractivity contribution in [3.8, 4) is 17.2 Å². The Morgan fingerprint density at radius 3 is 2.15 bits per heavy atom. The van der Waals surface area contributed by atoms with Crippen LogP contribution in [0.15, 0.2) is 72.8 Å². The summed E-state index contributed by atoms with van der Waals surface area (Å²) in [6, 6.07) is 21.1. The first kappa shape index (κ1) is 23.3. The van der Waals surface area contributed by atoms with E-state index >= 15 is 0 Å². The molecule has 2 N–H and O–H groups in total. The van der Waals surface area contributed by atoms with Crippen molar-refractivity contribution >= 4 is 23.5 Å². The maximum atomic E-state index is 12.2. The first-order valence-electron chi connectivity index (χ1n) is 10.2. The van der Waals surface area contributed by atoms with Crippen LogP contribution in [0.3, 0.4) is 0 Å². The van der Waals surface area contributed by atoms with Crippen molar-refractivity contribution in [1.29, 1.82) is 0 Å². The Morgan fingerprint density at radius 1 is 0.848 bits per heavy atom. The number of carbonyl (C=O) groups excluding carboxylic acids is 3. The molecule has 33 heavy (non-hydrogen) atoms. The van der Waals surface area contributed by atoms with E-state index in [1.165, 1.54) is 7.11 Å². The lowest BCUT2D eigenvalue weighted by molar-refractivity contribution is -0.146. The van der Waals surface area contributed by atoms with Crippen LogP contribution in [0.25, 0.3) is 0 Å². The van der Waals surface area contributed by atoms with Gasteiger partial charge in [0.25, 0.3) is 11.8 Å². The summed E-state index contributed by atoms with van der Waals surface area (Å²) in [5.74, 6) is -0.0159. The third-order valence-corrected chi connectivity index (χ3v) is 4.50. The minimum Gasteiger partial charge on any atom is -0.496 e. The number of benzene rings is 3. The number of amides is 2. The fourth-order valence-electron chi connectivity index (χ4n) is 2.82. The smallest absolute Gasteiger partial charge is 0.325 e. The zero-order valence-corrected chi connectivity index (χ0v) is 18.3. The minimum absolute atomic E-state index is 0.292. The summed E-state index contributed by atoms with van der Waals surface area (Å²) >= 11 is 0. The first-order valence-corrected chi connectivity index (χ1v) is 10.2. The van der Waals surface area contributed by atoms with Crippen LogP contribution >= 0.6 is 0 Å². The van der Waals surface area contributed by atoms with E-state index < -0.39 is 24.4 Å². The largest absolute Gasteiger partial charge is 0.496 e. The fourth-order valence-corrected chi connectivity index (χ4v) is 2.82. The van der Waals surface area contributed by atoms with Gasteiger partial charge in [-0.25, -0.2) is 0 Å².